The van der Waals surface area contributed by atoms with Crippen molar-refractivity contribution >= 4 is 17.5 Å². The van der Waals surface area contributed by atoms with Crippen molar-refractivity contribution in [2.75, 3.05) is 20.8 Å². The van der Waals surface area contributed by atoms with Crippen LogP contribution in [0.5, 0.6) is 11.5 Å². The lowest BCUT2D eigenvalue weighted by Gasteiger charge is -2.10. The molecular weight excluding hydrogens is 321 g/mol. The average molecular weight is 338 g/mol. The fourth-order valence-corrected chi connectivity index (χ4v) is 2.41. The lowest BCUT2D eigenvalue weighted by atomic mass is 10.1. The molecule has 0 atom stereocenters. The Morgan fingerprint density at radius 1 is 1.17 bits per heavy atom. The Kier molecular flexibility index (Phi) is 5.82. The topological polar surface area (TPSA) is 47.6 Å². The highest BCUT2D eigenvalue weighted by Crippen LogP contribution is 2.27. The van der Waals surface area contributed by atoms with Crippen molar-refractivity contribution in [1.29, 1.82) is 0 Å². The maximum absolute atomic E-state index is 13.7. The molecule has 0 radical (unpaired) electrons. The third kappa shape index (κ3) is 4.13. The van der Waals surface area contributed by atoms with E-state index < -0.39 is 11.7 Å². The number of carbonyl (C=O) groups is 1. The first-order chi connectivity index (χ1) is 11.1. The number of hydrogen-bond acceptors (Lipinski definition) is 3. The summed E-state index contributed by atoms with van der Waals surface area (Å²) >= 11 is 5.86. The number of amides is 1. The van der Waals surface area contributed by atoms with Gasteiger partial charge < -0.3 is 14.8 Å². The van der Waals surface area contributed by atoms with Crippen molar-refractivity contribution in [3.63, 3.8) is 0 Å². The van der Waals surface area contributed by atoms with Crippen LogP contribution in [0.2, 0.25) is 5.02 Å². The number of benzene rings is 2. The van der Waals surface area contributed by atoms with Crippen molar-refractivity contribution in [3.05, 3.63) is 58.4 Å². The highest BCUT2D eigenvalue weighted by atomic mass is 35.5. The van der Waals surface area contributed by atoms with E-state index in [-0.39, 0.29) is 10.6 Å². The summed E-state index contributed by atoms with van der Waals surface area (Å²) in [6.45, 7) is 0.346. The number of nitrogens with one attached hydrogen (secondary N) is 1. The van der Waals surface area contributed by atoms with Crippen molar-refractivity contribution in [1.82, 2.24) is 5.32 Å². The molecule has 2 rings (SSSR count). The fourth-order valence-electron chi connectivity index (χ4n) is 2.16. The summed E-state index contributed by atoms with van der Waals surface area (Å²) in [6, 6.07) is 9.65. The molecule has 0 bridgehead atoms. The molecule has 122 valence electrons. The molecule has 0 fully saturated rings. The zero-order valence-corrected chi connectivity index (χ0v) is 13.6. The lowest BCUT2D eigenvalue weighted by molar-refractivity contribution is 0.0950. The van der Waals surface area contributed by atoms with Crippen LogP contribution in [0.1, 0.15) is 15.9 Å². The van der Waals surface area contributed by atoms with Crippen molar-refractivity contribution < 1.29 is 18.7 Å². The highest BCUT2D eigenvalue weighted by molar-refractivity contribution is 6.33. The minimum atomic E-state index is -0.638. The van der Waals surface area contributed by atoms with Gasteiger partial charge in [-0.15, -0.1) is 0 Å². The SMILES string of the molecule is COc1ccc(CCNC(=O)c2c(F)cccc2Cl)cc1OC. The number of rotatable bonds is 6. The number of ether oxygens (including phenoxy) is 2. The molecular formula is C17H17ClFNO3. The van der Waals surface area contributed by atoms with Gasteiger partial charge in [-0.25, -0.2) is 4.39 Å². The smallest absolute Gasteiger partial charge is 0.255 e. The average Bonchev–Trinajstić information content (AvgIpc) is 2.54. The van der Waals surface area contributed by atoms with Crippen LogP contribution in [-0.2, 0) is 6.42 Å². The second-order valence-corrected chi connectivity index (χ2v) is 5.20. The normalized spacial score (nSPS) is 10.3. The summed E-state index contributed by atoms with van der Waals surface area (Å²) in [5, 5.41) is 2.75. The predicted molar refractivity (Wildman–Crippen MR) is 87.0 cm³/mol. The van der Waals surface area contributed by atoms with Crippen LogP contribution in [-0.4, -0.2) is 26.7 Å². The predicted octanol–water partition coefficient (Wildman–Crippen LogP) is 3.47. The fraction of sp³-hybridized carbons (Fsp3) is 0.235. The Labute approximate surface area is 139 Å². The minimum Gasteiger partial charge on any atom is -0.493 e. The molecule has 4 nitrogen and oxygen atoms in total. The summed E-state index contributed by atoms with van der Waals surface area (Å²) in [5.41, 5.74) is 0.823. The van der Waals surface area contributed by atoms with Gasteiger partial charge in [-0.1, -0.05) is 23.7 Å². The number of methoxy groups -OCH3 is 2. The molecule has 2 aromatic rings. The van der Waals surface area contributed by atoms with Gasteiger partial charge in [0.1, 0.15) is 5.82 Å². The van der Waals surface area contributed by atoms with Crippen LogP contribution in [0.15, 0.2) is 36.4 Å². The van der Waals surface area contributed by atoms with E-state index in [1.54, 1.807) is 20.3 Å². The van der Waals surface area contributed by atoms with Crippen molar-refractivity contribution in [2.45, 2.75) is 6.42 Å². The van der Waals surface area contributed by atoms with Crippen LogP contribution in [0.25, 0.3) is 0 Å². The Morgan fingerprint density at radius 2 is 1.91 bits per heavy atom. The van der Waals surface area contributed by atoms with Crippen molar-refractivity contribution in [3.8, 4) is 11.5 Å². The van der Waals surface area contributed by atoms with Crippen LogP contribution >= 0.6 is 11.6 Å². The van der Waals surface area contributed by atoms with E-state index in [2.05, 4.69) is 5.32 Å². The molecule has 6 heteroatoms. The first kappa shape index (κ1) is 17.1. The molecule has 0 unspecified atom stereocenters. The summed E-state index contributed by atoms with van der Waals surface area (Å²) in [6.07, 6.45) is 0.568. The zero-order valence-electron chi connectivity index (χ0n) is 12.9. The summed E-state index contributed by atoms with van der Waals surface area (Å²) in [4.78, 5) is 12.0. The Morgan fingerprint density at radius 3 is 2.57 bits per heavy atom. The van der Waals surface area contributed by atoms with Gasteiger partial charge in [0.05, 0.1) is 24.8 Å². The van der Waals surface area contributed by atoms with Crippen LogP contribution in [0.3, 0.4) is 0 Å². The van der Waals surface area contributed by atoms with Gasteiger partial charge in [0.2, 0.25) is 0 Å². The van der Waals surface area contributed by atoms with E-state index in [0.29, 0.717) is 24.5 Å². The van der Waals surface area contributed by atoms with E-state index in [1.807, 2.05) is 12.1 Å². The third-order valence-electron chi connectivity index (χ3n) is 3.34. The van der Waals surface area contributed by atoms with Gasteiger partial charge in [-0.2, -0.15) is 0 Å². The van der Waals surface area contributed by atoms with Gasteiger partial charge in [-0.3, -0.25) is 4.79 Å². The van der Waals surface area contributed by atoms with E-state index in [0.717, 1.165) is 5.56 Å². The quantitative estimate of drug-likeness (QED) is 0.878. The molecule has 0 saturated heterocycles. The van der Waals surface area contributed by atoms with E-state index in [4.69, 9.17) is 21.1 Å². The van der Waals surface area contributed by atoms with E-state index in [1.165, 1.54) is 18.2 Å². The molecule has 1 amide bonds. The molecule has 23 heavy (non-hydrogen) atoms. The molecule has 0 aliphatic carbocycles. The second kappa shape index (κ2) is 7.83. The lowest BCUT2D eigenvalue weighted by Crippen LogP contribution is -2.26. The van der Waals surface area contributed by atoms with Gasteiger partial charge >= 0.3 is 0 Å². The standard InChI is InChI=1S/C17H17ClFNO3/c1-22-14-7-6-11(10-15(14)23-2)8-9-20-17(21)16-12(18)4-3-5-13(16)19/h3-7,10H,8-9H2,1-2H3,(H,20,21). The van der Waals surface area contributed by atoms with Crippen LogP contribution in [0.4, 0.5) is 4.39 Å². The van der Waals surface area contributed by atoms with Gasteiger partial charge in [-0.05, 0) is 36.2 Å². The highest BCUT2D eigenvalue weighted by Gasteiger charge is 2.15. The number of hydrogen-bond donors (Lipinski definition) is 1. The van der Waals surface area contributed by atoms with Crippen molar-refractivity contribution in [2.24, 2.45) is 0 Å². The Hall–Kier alpha value is -2.27. The first-order valence-corrected chi connectivity index (χ1v) is 7.37. The summed E-state index contributed by atoms with van der Waals surface area (Å²) < 4.78 is 24.1. The zero-order chi connectivity index (χ0) is 16.8. The molecule has 0 heterocycles. The van der Waals surface area contributed by atoms with Crippen LogP contribution in [0, 0.1) is 5.82 Å². The summed E-state index contributed by atoms with van der Waals surface area (Å²) in [5.74, 6) is 0.0848. The molecule has 0 aromatic heterocycles. The Bertz CT molecular complexity index is 686. The third-order valence-corrected chi connectivity index (χ3v) is 3.65. The maximum Gasteiger partial charge on any atom is 0.255 e. The Balaban J connectivity index is 1.98. The van der Waals surface area contributed by atoms with Gasteiger partial charge in [0, 0.05) is 6.54 Å². The number of carbonyl (C=O) groups excluding carboxylic acids is 1. The molecule has 0 aliphatic heterocycles. The maximum atomic E-state index is 13.7. The minimum absolute atomic E-state index is 0.0913. The monoisotopic (exact) mass is 337 g/mol. The molecule has 2 aromatic carbocycles. The molecule has 0 aliphatic rings. The largest absolute Gasteiger partial charge is 0.493 e. The molecule has 0 spiro atoms. The van der Waals surface area contributed by atoms with E-state index >= 15 is 0 Å². The summed E-state index contributed by atoms with van der Waals surface area (Å²) in [7, 11) is 3.12. The molecule has 1 N–H and O–H groups in total. The van der Waals surface area contributed by atoms with Gasteiger partial charge in [0.15, 0.2) is 11.5 Å². The second-order valence-electron chi connectivity index (χ2n) is 4.79. The van der Waals surface area contributed by atoms with Crippen LogP contribution < -0.4 is 14.8 Å². The van der Waals surface area contributed by atoms with Gasteiger partial charge in [0.25, 0.3) is 5.91 Å². The first-order valence-electron chi connectivity index (χ1n) is 7.00. The molecule has 0 saturated carbocycles. The number of halogens is 2. The van der Waals surface area contributed by atoms with E-state index in [9.17, 15) is 9.18 Å².